The van der Waals surface area contributed by atoms with Crippen molar-refractivity contribution < 1.29 is 15.0 Å². The largest absolute Gasteiger partial charge is 0.550 e. The number of aliphatic hydroxyl groups is 1. The minimum absolute atomic E-state index is 0.253. The first kappa shape index (κ1) is 7.43. The lowest BCUT2D eigenvalue weighted by molar-refractivity contribution is -0.307. The van der Waals surface area contributed by atoms with Gasteiger partial charge in [-0.2, -0.15) is 0 Å². The Morgan fingerprint density at radius 2 is 2.38 bits per heavy atom. The molecule has 0 aliphatic carbocycles. The SMILES string of the molecule is CC[C@@H](O)CC(=O)[O-]. The molecule has 1 atom stereocenters. The highest BCUT2D eigenvalue weighted by atomic mass is 16.4. The molecule has 0 aromatic heterocycles. The Morgan fingerprint density at radius 1 is 1.88 bits per heavy atom. The zero-order valence-corrected chi connectivity index (χ0v) is 4.76. The van der Waals surface area contributed by atoms with Crippen molar-refractivity contribution in [3.8, 4) is 0 Å². The number of carbonyl (C=O) groups is 1. The number of aliphatic carboxylic acids is 1. The van der Waals surface area contributed by atoms with Gasteiger partial charge in [0.25, 0.3) is 0 Å². The summed E-state index contributed by atoms with van der Waals surface area (Å²) < 4.78 is 0. The lowest BCUT2D eigenvalue weighted by Gasteiger charge is -2.06. The van der Waals surface area contributed by atoms with Crippen molar-refractivity contribution in [2.75, 3.05) is 0 Å². The highest BCUT2D eigenvalue weighted by molar-refractivity contribution is 5.64. The molecule has 0 bridgehead atoms. The number of rotatable bonds is 3. The maximum atomic E-state index is 9.70. The highest BCUT2D eigenvalue weighted by Gasteiger charge is 1.98. The number of hydrogen-bond acceptors (Lipinski definition) is 3. The fraction of sp³-hybridized carbons (Fsp3) is 0.800. The van der Waals surface area contributed by atoms with Crippen LogP contribution < -0.4 is 5.11 Å². The molecule has 0 rings (SSSR count). The van der Waals surface area contributed by atoms with Crippen LogP contribution in [0.4, 0.5) is 0 Å². The summed E-state index contributed by atoms with van der Waals surface area (Å²) in [5.41, 5.74) is 0. The van der Waals surface area contributed by atoms with E-state index >= 15 is 0 Å². The number of carbonyl (C=O) groups excluding carboxylic acids is 1. The maximum absolute atomic E-state index is 9.70. The topological polar surface area (TPSA) is 60.4 Å². The average Bonchev–Trinajstić information content (AvgIpc) is 1.65. The molecule has 0 aliphatic rings. The number of hydrogen-bond donors (Lipinski definition) is 1. The van der Waals surface area contributed by atoms with Gasteiger partial charge in [-0.25, -0.2) is 0 Å². The Bertz CT molecular complexity index is 79.7. The molecule has 0 fully saturated rings. The van der Waals surface area contributed by atoms with Crippen LogP contribution in [0.1, 0.15) is 19.8 Å². The highest BCUT2D eigenvalue weighted by Crippen LogP contribution is 1.93. The lowest BCUT2D eigenvalue weighted by atomic mass is 10.2. The third-order valence-electron chi connectivity index (χ3n) is 0.874. The summed E-state index contributed by atoms with van der Waals surface area (Å²) in [6.07, 6.45) is -0.523. The van der Waals surface area contributed by atoms with Crippen LogP contribution in [-0.4, -0.2) is 17.2 Å². The van der Waals surface area contributed by atoms with Crippen molar-refractivity contribution in [2.24, 2.45) is 0 Å². The van der Waals surface area contributed by atoms with Crippen LogP contribution in [-0.2, 0) is 4.79 Å². The molecule has 48 valence electrons. The van der Waals surface area contributed by atoms with E-state index in [1.807, 2.05) is 0 Å². The second kappa shape index (κ2) is 3.43. The Balaban J connectivity index is 3.24. The third-order valence-corrected chi connectivity index (χ3v) is 0.874. The molecule has 0 unspecified atom stereocenters. The standard InChI is InChI=1S/C5H10O3/c1-2-4(6)3-5(7)8/h4,6H,2-3H2,1H3,(H,7,8)/p-1/t4-/m1/s1. The molecule has 1 N–H and O–H groups in total. The van der Waals surface area contributed by atoms with E-state index in [0.717, 1.165) is 0 Å². The third kappa shape index (κ3) is 3.61. The fourth-order valence-electron chi connectivity index (χ4n) is 0.337. The maximum Gasteiger partial charge on any atom is 0.0589 e. The Kier molecular flexibility index (Phi) is 3.19. The predicted molar refractivity (Wildman–Crippen MR) is 25.9 cm³/mol. The van der Waals surface area contributed by atoms with E-state index in [0.29, 0.717) is 6.42 Å². The molecule has 3 nitrogen and oxygen atoms in total. The molecule has 0 radical (unpaired) electrons. The molecular weight excluding hydrogens is 108 g/mol. The molecule has 8 heavy (non-hydrogen) atoms. The van der Waals surface area contributed by atoms with E-state index in [-0.39, 0.29) is 6.42 Å². The molecule has 0 heterocycles. The monoisotopic (exact) mass is 117 g/mol. The van der Waals surface area contributed by atoms with Gasteiger partial charge in [0.15, 0.2) is 0 Å². The first-order valence-electron chi connectivity index (χ1n) is 2.54. The summed E-state index contributed by atoms with van der Waals surface area (Å²) in [5, 5.41) is 18.3. The Hall–Kier alpha value is -0.570. The minimum Gasteiger partial charge on any atom is -0.550 e. The van der Waals surface area contributed by atoms with Crippen molar-refractivity contribution in [1.82, 2.24) is 0 Å². The van der Waals surface area contributed by atoms with Crippen molar-refractivity contribution >= 4 is 5.97 Å². The fourth-order valence-corrected chi connectivity index (χ4v) is 0.337. The minimum atomic E-state index is -1.20. The van der Waals surface area contributed by atoms with Crippen molar-refractivity contribution in [3.63, 3.8) is 0 Å². The molecule has 0 saturated carbocycles. The van der Waals surface area contributed by atoms with E-state index in [9.17, 15) is 9.90 Å². The molecule has 0 amide bonds. The van der Waals surface area contributed by atoms with Crippen LogP contribution in [0.2, 0.25) is 0 Å². The molecule has 0 aliphatic heterocycles. The number of carboxylic acids is 1. The van der Waals surface area contributed by atoms with Crippen LogP contribution in [0.3, 0.4) is 0 Å². The average molecular weight is 117 g/mol. The van der Waals surface area contributed by atoms with Crippen LogP contribution in [0.25, 0.3) is 0 Å². The van der Waals surface area contributed by atoms with Gasteiger partial charge in [0.05, 0.1) is 6.10 Å². The normalized spacial score (nSPS) is 13.2. The van der Waals surface area contributed by atoms with E-state index in [1.54, 1.807) is 6.92 Å². The molecule has 0 spiro atoms. The molecular formula is C5H9O3-. The summed E-state index contributed by atoms with van der Waals surface area (Å²) in [6.45, 7) is 1.72. The zero-order chi connectivity index (χ0) is 6.57. The summed E-state index contributed by atoms with van der Waals surface area (Å²) in [5.74, 6) is -1.20. The van der Waals surface area contributed by atoms with Gasteiger partial charge >= 0.3 is 0 Å². The molecule has 3 heteroatoms. The van der Waals surface area contributed by atoms with Crippen molar-refractivity contribution in [1.29, 1.82) is 0 Å². The lowest BCUT2D eigenvalue weighted by Crippen LogP contribution is -2.26. The van der Waals surface area contributed by atoms with Gasteiger partial charge < -0.3 is 15.0 Å². The Morgan fingerprint density at radius 3 is 2.50 bits per heavy atom. The smallest absolute Gasteiger partial charge is 0.0589 e. The summed E-state index contributed by atoms with van der Waals surface area (Å²) >= 11 is 0. The second-order valence-corrected chi connectivity index (χ2v) is 1.64. The van der Waals surface area contributed by atoms with E-state index in [1.165, 1.54) is 0 Å². The van der Waals surface area contributed by atoms with Crippen LogP contribution >= 0.6 is 0 Å². The van der Waals surface area contributed by atoms with Gasteiger partial charge in [0.2, 0.25) is 0 Å². The molecule has 0 saturated heterocycles. The summed E-state index contributed by atoms with van der Waals surface area (Å²) in [7, 11) is 0. The van der Waals surface area contributed by atoms with Crippen molar-refractivity contribution in [3.05, 3.63) is 0 Å². The Labute approximate surface area is 47.9 Å². The second-order valence-electron chi connectivity index (χ2n) is 1.64. The number of aliphatic hydroxyl groups excluding tert-OH is 1. The van der Waals surface area contributed by atoms with Crippen LogP contribution in [0.15, 0.2) is 0 Å². The van der Waals surface area contributed by atoms with E-state index in [4.69, 9.17) is 5.11 Å². The van der Waals surface area contributed by atoms with Gasteiger partial charge in [-0.15, -0.1) is 0 Å². The summed E-state index contributed by atoms with van der Waals surface area (Å²) in [6, 6.07) is 0. The zero-order valence-electron chi connectivity index (χ0n) is 4.76. The van der Waals surface area contributed by atoms with E-state index < -0.39 is 12.1 Å². The van der Waals surface area contributed by atoms with Gasteiger partial charge in [-0.3, -0.25) is 0 Å². The van der Waals surface area contributed by atoms with Crippen LogP contribution in [0.5, 0.6) is 0 Å². The number of carboxylic acid groups (broad SMARTS) is 1. The molecule has 0 aromatic carbocycles. The van der Waals surface area contributed by atoms with E-state index in [2.05, 4.69) is 0 Å². The van der Waals surface area contributed by atoms with Crippen LogP contribution in [0, 0.1) is 0 Å². The van der Waals surface area contributed by atoms with Crippen molar-refractivity contribution in [2.45, 2.75) is 25.9 Å². The molecule has 0 aromatic rings. The first-order chi connectivity index (χ1) is 3.66. The van der Waals surface area contributed by atoms with Gasteiger partial charge in [-0.05, 0) is 6.42 Å². The van der Waals surface area contributed by atoms with Gasteiger partial charge in [0, 0.05) is 12.4 Å². The predicted octanol–water partition coefficient (Wildman–Crippen LogP) is -1.10. The van der Waals surface area contributed by atoms with Gasteiger partial charge in [-0.1, -0.05) is 6.92 Å². The summed E-state index contributed by atoms with van der Waals surface area (Å²) in [4.78, 5) is 9.70. The first-order valence-corrected chi connectivity index (χ1v) is 2.54. The quantitative estimate of drug-likeness (QED) is 0.510. The van der Waals surface area contributed by atoms with Gasteiger partial charge in [0.1, 0.15) is 0 Å².